The van der Waals surface area contributed by atoms with E-state index in [-0.39, 0.29) is 12.8 Å². The lowest BCUT2D eigenvalue weighted by molar-refractivity contribution is -0.213. The number of hydrogen-bond acceptors (Lipinski definition) is 2. The van der Waals surface area contributed by atoms with E-state index in [0.717, 1.165) is 19.3 Å². The molecule has 0 heterocycles. The Morgan fingerprint density at radius 1 is 1.07 bits per heavy atom. The quantitative estimate of drug-likeness (QED) is 0.752. The summed E-state index contributed by atoms with van der Waals surface area (Å²) >= 11 is 0. The molecule has 0 radical (unpaired) electrons. The summed E-state index contributed by atoms with van der Waals surface area (Å²) in [6, 6.07) is 0. The maximum atomic E-state index is 13.3. The van der Waals surface area contributed by atoms with Gasteiger partial charge < -0.3 is 10.2 Å². The van der Waals surface area contributed by atoms with E-state index in [1.54, 1.807) is 0 Å². The molecule has 0 unspecified atom stereocenters. The fourth-order valence-electron chi connectivity index (χ4n) is 2.00. The number of rotatable bonds is 2. The predicted octanol–water partition coefficient (Wildman–Crippen LogP) is 2.18. The zero-order valence-electron chi connectivity index (χ0n) is 8.51. The highest BCUT2D eigenvalue weighted by atomic mass is 19.3. The summed E-state index contributed by atoms with van der Waals surface area (Å²) in [5, 5.41) is 18.2. The molecule has 1 rings (SSSR count). The molecule has 0 aromatic heterocycles. The van der Waals surface area contributed by atoms with Crippen molar-refractivity contribution in [3.63, 3.8) is 0 Å². The van der Waals surface area contributed by atoms with Crippen molar-refractivity contribution in [2.45, 2.75) is 56.5 Å². The lowest BCUT2D eigenvalue weighted by atomic mass is 9.82. The standard InChI is InChI=1S/C10H16F2O3/c11-10(12,8(13)14)9(15)6-4-2-1-3-5-7-9/h15H,1-7H2,(H,13,14). The molecular weight excluding hydrogens is 206 g/mol. The molecule has 1 aliphatic rings. The minimum Gasteiger partial charge on any atom is -0.477 e. The van der Waals surface area contributed by atoms with Gasteiger partial charge in [0.1, 0.15) is 5.60 Å². The first-order valence-corrected chi connectivity index (χ1v) is 5.24. The average molecular weight is 222 g/mol. The summed E-state index contributed by atoms with van der Waals surface area (Å²) in [4.78, 5) is 10.4. The van der Waals surface area contributed by atoms with Crippen LogP contribution < -0.4 is 0 Å². The van der Waals surface area contributed by atoms with Gasteiger partial charge in [0.15, 0.2) is 0 Å². The normalized spacial score (nSPS) is 22.9. The highest BCUT2D eigenvalue weighted by Crippen LogP contribution is 2.39. The van der Waals surface area contributed by atoms with E-state index in [1.807, 2.05) is 0 Å². The summed E-state index contributed by atoms with van der Waals surface area (Å²) in [6.45, 7) is 0. The number of aliphatic hydroxyl groups is 1. The van der Waals surface area contributed by atoms with Crippen LogP contribution in [-0.2, 0) is 4.79 Å². The lowest BCUT2D eigenvalue weighted by Crippen LogP contribution is -2.53. The second kappa shape index (κ2) is 4.43. The number of carboxylic acid groups (broad SMARTS) is 1. The number of aliphatic carboxylic acids is 1. The summed E-state index contributed by atoms with van der Waals surface area (Å²) in [7, 11) is 0. The van der Waals surface area contributed by atoms with Crippen LogP contribution in [0, 0.1) is 0 Å². The molecule has 0 spiro atoms. The van der Waals surface area contributed by atoms with Gasteiger partial charge in [0.2, 0.25) is 0 Å². The molecule has 0 atom stereocenters. The average Bonchev–Trinajstić information content (AvgIpc) is 2.11. The monoisotopic (exact) mass is 222 g/mol. The molecule has 0 bridgehead atoms. The smallest absolute Gasteiger partial charge is 0.377 e. The van der Waals surface area contributed by atoms with Crippen molar-refractivity contribution in [1.82, 2.24) is 0 Å². The van der Waals surface area contributed by atoms with Crippen molar-refractivity contribution < 1.29 is 23.8 Å². The third-order valence-electron chi connectivity index (χ3n) is 3.03. The van der Waals surface area contributed by atoms with Crippen LogP contribution in [0.3, 0.4) is 0 Å². The number of hydrogen-bond donors (Lipinski definition) is 2. The number of carbonyl (C=O) groups is 1. The Morgan fingerprint density at radius 2 is 1.47 bits per heavy atom. The minimum absolute atomic E-state index is 0.133. The van der Waals surface area contributed by atoms with Crippen molar-refractivity contribution in [2.75, 3.05) is 0 Å². The SMILES string of the molecule is O=C(O)C(F)(F)C1(O)CCCCCCC1. The molecule has 1 saturated carbocycles. The summed E-state index contributed by atoms with van der Waals surface area (Å²) < 4.78 is 26.6. The van der Waals surface area contributed by atoms with Crippen LogP contribution >= 0.6 is 0 Å². The van der Waals surface area contributed by atoms with Gasteiger partial charge >= 0.3 is 11.9 Å². The Balaban J connectivity index is 2.81. The molecule has 3 nitrogen and oxygen atoms in total. The number of halogens is 2. The van der Waals surface area contributed by atoms with Crippen molar-refractivity contribution in [3.8, 4) is 0 Å². The molecule has 1 aliphatic carbocycles. The Hall–Kier alpha value is -0.710. The van der Waals surface area contributed by atoms with Gasteiger partial charge in [-0.15, -0.1) is 0 Å². The molecule has 2 N–H and O–H groups in total. The van der Waals surface area contributed by atoms with Crippen LogP contribution in [0.4, 0.5) is 8.78 Å². The number of carboxylic acids is 1. The van der Waals surface area contributed by atoms with E-state index in [2.05, 4.69) is 0 Å². The van der Waals surface area contributed by atoms with Crippen LogP contribution in [0.5, 0.6) is 0 Å². The van der Waals surface area contributed by atoms with Crippen molar-refractivity contribution in [2.24, 2.45) is 0 Å². The first-order chi connectivity index (χ1) is 6.90. The van der Waals surface area contributed by atoms with E-state index in [9.17, 15) is 18.7 Å². The van der Waals surface area contributed by atoms with E-state index in [4.69, 9.17) is 5.11 Å². The Bertz CT molecular complexity index is 233. The first-order valence-electron chi connectivity index (χ1n) is 5.24. The highest BCUT2D eigenvalue weighted by molar-refractivity contribution is 5.77. The summed E-state index contributed by atoms with van der Waals surface area (Å²) in [5.74, 6) is -6.27. The van der Waals surface area contributed by atoms with E-state index in [1.165, 1.54) is 0 Å². The predicted molar refractivity (Wildman–Crippen MR) is 49.9 cm³/mol. The first kappa shape index (κ1) is 12.4. The Kier molecular flexibility index (Phi) is 3.65. The maximum Gasteiger partial charge on any atom is 0.377 e. The van der Waals surface area contributed by atoms with Crippen molar-refractivity contribution in [3.05, 3.63) is 0 Å². The van der Waals surface area contributed by atoms with Gasteiger partial charge in [0.05, 0.1) is 0 Å². The second-order valence-corrected chi connectivity index (χ2v) is 4.18. The maximum absolute atomic E-state index is 13.3. The summed E-state index contributed by atoms with van der Waals surface area (Å²) in [5.41, 5.74) is -2.36. The van der Waals surface area contributed by atoms with Crippen LogP contribution in [0.15, 0.2) is 0 Å². The Morgan fingerprint density at radius 3 is 1.87 bits per heavy atom. The van der Waals surface area contributed by atoms with Gasteiger partial charge in [-0.3, -0.25) is 0 Å². The molecule has 0 aromatic carbocycles. The van der Waals surface area contributed by atoms with Crippen LogP contribution in [0.2, 0.25) is 0 Å². The molecule has 5 heteroatoms. The highest BCUT2D eigenvalue weighted by Gasteiger charge is 2.57. The minimum atomic E-state index is -4.04. The van der Waals surface area contributed by atoms with E-state index < -0.39 is 17.5 Å². The fraction of sp³-hybridized carbons (Fsp3) is 0.900. The van der Waals surface area contributed by atoms with Gasteiger partial charge in [0, 0.05) is 0 Å². The largest absolute Gasteiger partial charge is 0.477 e. The zero-order valence-corrected chi connectivity index (χ0v) is 8.51. The van der Waals surface area contributed by atoms with Crippen LogP contribution in [-0.4, -0.2) is 27.7 Å². The zero-order chi connectivity index (χ0) is 11.5. The molecule has 0 saturated heterocycles. The third-order valence-corrected chi connectivity index (χ3v) is 3.03. The molecule has 15 heavy (non-hydrogen) atoms. The van der Waals surface area contributed by atoms with Gasteiger partial charge in [-0.1, -0.05) is 32.1 Å². The van der Waals surface area contributed by atoms with E-state index in [0.29, 0.717) is 12.8 Å². The Labute approximate surface area is 87.1 Å². The second-order valence-electron chi connectivity index (χ2n) is 4.18. The lowest BCUT2D eigenvalue weighted by Gasteiger charge is -2.34. The molecule has 0 aliphatic heterocycles. The van der Waals surface area contributed by atoms with Gasteiger partial charge in [-0.25, -0.2) is 4.79 Å². The summed E-state index contributed by atoms with van der Waals surface area (Å²) in [6.07, 6.45) is 3.17. The van der Waals surface area contributed by atoms with Crippen LogP contribution in [0.1, 0.15) is 44.9 Å². The van der Waals surface area contributed by atoms with Gasteiger partial charge in [0.25, 0.3) is 0 Å². The number of alkyl halides is 2. The van der Waals surface area contributed by atoms with Crippen LogP contribution in [0.25, 0.3) is 0 Å². The van der Waals surface area contributed by atoms with E-state index >= 15 is 0 Å². The molecule has 0 amide bonds. The van der Waals surface area contributed by atoms with Crippen molar-refractivity contribution >= 4 is 5.97 Å². The molecular formula is C10H16F2O3. The fourth-order valence-corrected chi connectivity index (χ4v) is 2.00. The molecule has 88 valence electrons. The third kappa shape index (κ3) is 2.45. The molecule has 0 aromatic rings. The van der Waals surface area contributed by atoms with Crippen molar-refractivity contribution in [1.29, 1.82) is 0 Å². The topological polar surface area (TPSA) is 57.5 Å². The molecule has 1 fully saturated rings. The van der Waals surface area contributed by atoms with Gasteiger partial charge in [-0.05, 0) is 12.8 Å². The van der Waals surface area contributed by atoms with Gasteiger partial charge in [-0.2, -0.15) is 8.78 Å².